The molecule has 0 aliphatic carbocycles. The minimum absolute atomic E-state index is 0.655. The molecule has 0 aliphatic heterocycles. The Morgan fingerprint density at radius 3 is 2.68 bits per heavy atom. The number of nitrogens with one attached hydrogen (secondary N) is 1. The molecule has 1 heterocycles. The monoisotopic (exact) mass is 277 g/mol. The summed E-state index contributed by atoms with van der Waals surface area (Å²) in [7, 11) is 1.68. The molecule has 0 spiro atoms. The van der Waals surface area contributed by atoms with Gasteiger partial charge in [-0.2, -0.15) is 4.37 Å². The van der Waals surface area contributed by atoms with Gasteiger partial charge in [0, 0.05) is 30.8 Å². The predicted molar refractivity (Wildman–Crippen MR) is 79.2 cm³/mol. The maximum atomic E-state index is 5.01. The van der Waals surface area contributed by atoms with Crippen LogP contribution in [0.15, 0.2) is 24.3 Å². The van der Waals surface area contributed by atoms with E-state index in [9.17, 15) is 0 Å². The minimum atomic E-state index is 0.655. The van der Waals surface area contributed by atoms with Crippen molar-refractivity contribution in [3.63, 3.8) is 0 Å². The van der Waals surface area contributed by atoms with Crippen LogP contribution < -0.4 is 5.32 Å². The van der Waals surface area contributed by atoms with Gasteiger partial charge < -0.3 is 10.1 Å². The largest absolute Gasteiger partial charge is 0.384 e. The number of benzene rings is 1. The summed E-state index contributed by atoms with van der Waals surface area (Å²) >= 11 is 1.38. The Kier molecular flexibility index (Phi) is 5.30. The summed E-state index contributed by atoms with van der Waals surface area (Å²) < 4.78 is 9.30. The zero-order valence-electron chi connectivity index (χ0n) is 11.3. The summed E-state index contributed by atoms with van der Waals surface area (Å²) in [6, 6.07) is 8.47. The number of methoxy groups -OCH3 is 1. The average Bonchev–Trinajstić information content (AvgIpc) is 2.87. The molecule has 1 aromatic heterocycles. The van der Waals surface area contributed by atoms with Crippen molar-refractivity contribution in [1.29, 1.82) is 0 Å². The van der Waals surface area contributed by atoms with E-state index >= 15 is 0 Å². The lowest BCUT2D eigenvalue weighted by Crippen LogP contribution is -1.97. The maximum absolute atomic E-state index is 5.01. The number of rotatable bonds is 7. The van der Waals surface area contributed by atoms with Crippen molar-refractivity contribution < 1.29 is 4.74 Å². The number of hydrogen-bond acceptors (Lipinski definition) is 5. The molecule has 0 fully saturated rings. The van der Waals surface area contributed by atoms with Crippen molar-refractivity contribution >= 4 is 22.4 Å². The molecular formula is C14H19N3OS. The lowest BCUT2D eigenvalue weighted by Gasteiger charge is -2.03. The van der Waals surface area contributed by atoms with Crippen molar-refractivity contribution in [1.82, 2.24) is 9.36 Å². The zero-order valence-corrected chi connectivity index (χ0v) is 12.2. The van der Waals surface area contributed by atoms with E-state index in [0.29, 0.717) is 6.61 Å². The van der Waals surface area contributed by atoms with Gasteiger partial charge in [0.15, 0.2) is 0 Å². The van der Waals surface area contributed by atoms with Crippen LogP contribution in [-0.4, -0.2) is 23.1 Å². The summed E-state index contributed by atoms with van der Waals surface area (Å²) in [6.45, 7) is 2.84. The van der Waals surface area contributed by atoms with Crippen LogP contribution in [0.5, 0.6) is 0 Å². The van der Waals surface area contributed by atoms with E-state index in [4.69, 9.17) is 4.74 Å². The SMILES string of the molecule is CCCc1ccc(Nc2nc(CCOC)ns2)cc1. The second-order valence-corrected chi connectivity index (χ2v) is 5.08. The minimum Gasteiger partial charge on any atom is -0.384 e. The first-order chi connectivity index (χ1) is 9.31. The summed E-state index contributed by atoms with van der Waals surface area (Å²) in [5, 5.41) is 4.10. The van der Waals surface area contributed by atoms with Crippen LogP contribution in [0, 0.1) is 0 Å². The topological polar surface area (TPSA) is 47.0 Å². The first-order valence-corrected chi connectivity index (χ1v) is 7.26. The molecule has 1 N–H and O–H groups in total. The smallest absolute Gasteiger partial charge is 0.207 e. The van der Waals surface area contributed by atoms with Crippen molar-refractivity contribution in [2.75, 3.05) is 19.0 Å². The van der Waals surface area contributed by atoms with Gasteiger partial charge in [-0.25, -0.2) is 4.98 Å². The third-order valence-corrected chi connectivity index (χ3v) is 3.41. The van der Waals surface area contributed by atoms with Gasteiger partial charge in [0.2, 0.25) is 5.13 Å². The van der Waals surface area contributed by atoms with E-state index in [-0.39, 0.29) is 0 Å². The molecule has 0 atom stereocenters. The Labute approximate surface area is 118 Å². The first-order valence-electron chi connectivity index (χ1n) is 6.49. The van der Waals surface area contributed by atoms with Gasteiger partial charge in [-0.15, -0.1) is 0 Å². The van der Waals surface area contributed by atoms with Gasteiger partial charge in [-0.05, 0) is 24.1 Å². The summed E-state index contributed by atoms with van der Waals surface area (Å²) in [4.78, 5) is 4.42. The Balaban J connectivity index is 1.94. The van der Waals surface area contributed by atoms with Crippen LogP contribution in [0.25, 0.3) is 0 Å². The highest BCUT2D eigenvalue weighted by molar-refractivity contribution is 7.09. The molecular weight excluding hydrogens is 258 g/mol. The fraction of sp³-hybridized carbons (Fsp3) is 0.429. The van der Waals surface area contributed by atoms with Crippen LogP contribution in [-0.2, 0) is 17.6 Å². The van der Waals surface area contributed by atoms with E-state index in [1.54, 1.807) is 7.11 Å². The highest BCUT2D eigenvalue weighted by Gasteiger charge is 2.04. The van der Waals surface area contributed by atoms with E-state index in [1.165, 1.54) is 23.5 Å². The lowest BCUT2D eigenvalue weighted by molar-refractivity contribution is 0.201. The van der Waals surface area contributed by atoms with Gasteiger partial charge in [0.1, 0.15) is 5.82 Å². The van der Waals surface area contributed by atoms with Crippen LogP contribution in [0.4, 0.5) is 10.8 Å². The Bertz CT molecular complexity index is 496. The number of nitrogens with zero attached hydrogens (tertiary/aromatic N) is 2. The molecule has 0 unspecified atom stereocenters. The van der Waals surface area contributed by atoms with Crippen LogP contribution in [0.2, 0.25) is 0 Å². The maximum Gasteiger partial charge on any atom is 0.207 e. The third-order valence-electron chi connectivity index (χ3n) is 2.74. The predicted octanol–water partition coefficient (Wildman–Crippen LogP) is 3.42. The lowest BCUT2D eigenvalue weighted by atomic mass is 10.1. The number of aryl methyl sites for hydroxylation is 1. The molecule has 102 valence electrons. The number of anilines is 2. The van der Waals surface area contributed by atoms with E-state index in [2.05, 4.69) is 45.9 Å². The van der Waals surface area contributed by atoms with Gasteiger partial charge >= 0.3 is 0 Å². The van der Waals surface area contributed by atoms with E-state index in [1.807, 2.05) is 0 Å². The normalized spacial score (nSPS) is 10.6. The highest BCUT2D eigenvalue weighted by Crippen LogP contribution is 2.19. The quantitative estimate of drug-likeness (QED) is 0.842. The Morgan fingerprint density at radius 2 is 2.00 bits per heavy atom. The molecule has 0 radical (unpaired) electrons. The van der Waals surface area contributed by atoms with Crippen molar-refractivity contribution in [2.45, 2.75) is 26.2 Å². The Morgan fingerprint density at radius 1 is 1.21 bits per heavy atom. The first kappa shape index (κ1) is 14.0. The molecule has 0 amide bonds. The molecule has 0 saturated carbocycles. The van der Waals surface area contributed by atoms with Crippen molar-refractivity contribution in [3.05, 3.63) is 35.7 Å². The van der Waals surface area contributed by atoms with Crippen LogP contribution in [0.1, 0.15) is 24.7 Å². The highest BCUT2D eigenvalue weighted by atomic mass is 32.1. The van der Waals surface area contributed by atoms with Crippen molar-refractivity contribution in [3.8, 4) is 0 Å². The fourth-order valence-corrected chi connectivity index (χ4v) is 2.40. The van der Waals surface area contributed by atoms with Gasteiger partial charge in [0.25, 0.3) is 0 Å². The zero-order chi connectivity index (χ0) is 13.5. The second-order valence-electron chi connectivity index (χ2n) is 4.33. The molecule has 0 aliphatic rings. The molecule has 19 heavy (non-hydrogen) atoms. The molecule has 0 bridgehead atoms. The average molecular weight is 277 g/mol. The standard InChI is InChI=1S/C14H19N3OS/c1-3-4-11-5-7-12(8-6-11)15-14-16-13(17-19-14)9-10-18-2/h5-8H,3-4,9-10H2,1-2H3,(H,15,16,17). The number of aromatic nitrogens is 2. The summed E-state index contributed by atoms with van der Waals surface area (Å²) in [5.41, 5.74) is 2.42. The van der Waals surface area contributed by atoms with Crippen molar-refractivity contribution in [2.24, 2.45) is 0 Å². The molecule has 2 aromatic rings. The summed E-state index contributed by atoms with van der Waals surface area (Å²) in [5.74, 6) is 0.831. The summed E-state index contributed by atoms with van der Waals surface area (Å²) in [6.07, 6.45) is 3.05. The van der Waals surface area contributed by atoms with Gasteiger partial charge in [-0.1, -0.05) is 25.5 Å². The van der Waals surface area contributed by atoms with Gasteiger partial charge in [0.05, 0.1) is 6.61 Å². The molecule has 5 heteroatoms. The Hall–Kier alpha value is -1.46. The van der Waals surface area contributed by atoms with Gasteiger partial charge in [-0.3, -0.25) is 0 Å². The molecule has 1 aromatic carbocycles. The van der Waals surface area contributed by atoms with Crippen LogP contribution in [0.3, 0.4) is 0 Å². The number of hydrogen-bond donors (Lipinski definition) is 1. The molecule has 0 saturated heterocycles. The second kappa shape index (κ2) is 7.21. The van der Waals surface area contributed by atoms with E-state index in [0.717, 1.165) is 29.5 Å². The van der Waals surface area contributed by atoms with Crippen LogP contribution >= 0.6 is 11.5 Å². The number of ether oxygens (including phenoxy) is 1. The van der Waals surface area contributed by atoms with E-state index < -0.39 is 0 Å². The molecule has 4 nitrogen and oxygen atoms in total. The fourth-order valence-electron chi connectivity index (χ4n) is 1.77. The molecule has 2 rings (SSSR count). The third kappa shape index (κ3) is 4.29.